The van der Waals surface area contributed by atoms with E-state index in [-0.39, 0.29) is 0 Å². The number of hydrogen-bond donors (Lipinski definition) is 1. The highest BCUT2D eigenvalue weighted by Crippen LogP contribution is 2.44. The van der Waals surface area contributed by atoms with E-state index in [4.69, 9.17) is 5.73 Å². The van der Waals surface area contributed by atoms with Gasteiger partial charge in [-0.1, -0.05) is 0 Å². The lowest BCUT2D eigenvalue weighted by molar-refractivity contribution is -0.0619. The van der Waals surface area contributed by atoms with Crippen molar-refractivity contribution >= 4 is 0 Å². The van der Waals surface area contributed by atoms with E-state index >= 15 is 0 Å². The molecule has 2 nitrogen and oxygen atoms in total. The van der Waals surface area contributed by atoms with Gasteiger partial charge in [-0.2, -0.15) is 0 Å². The lowest BCUT2D eigenvalue weighted by atomic mass is 9.67. The van der Waals surface area contributed by atoms with Gasteiger partial charge in [0.2, 0.25) is 0 Å². The second-order valence-corrected chi connectivity index (χ2v) is 4.64. The van der Waals surface area contributed by atoms with Gasteiger partial charge in [0.15, 0.2) is 0 Å². The number of nitrogens with zero attached hydrogens (tertiary/aromatic N) is 1. The highest BCUT2D eigenvalue weighted by Gasteiger charge is 2.45. The minimum atomic E-state index is 0.419. The molecule has 11 heavy (non-hydrogen) atoms. The minimum absolute atomic E-state index is 0.419. The highest BCUT2D eigenvalue weighted by molar-refractivity contribution is 4.97. The first-order chi connectivity index (χ1) is 5.33. The molecule has 3 heterocycles. The summed E-state index contributed by atoms with van der Waals surface area (Å²) in [6.07, 6.45) is 4.77. The Kier molecular flexibility index (Phi) is 1.16. The monoisotopic (exact) mass is 152 g/mol. The molecule has 62 valence electrons. The van der Waals surface area contributed by atoms with Gasteiger partial charge in [-0.25, -0.2) is 0 Å². The van der Waals surface area contributed by atoms with E-state index in [0.29, 0.717) is 6.17 Å². The van der Waals surface area contributed by atoms with Crippen molar-refractivity contribution in [2.75, 3.05) is 13.1 Å². The largest absolute Gasteiger partial charge is 0.315 e. The van der Waals surface area contributed by atoms with Gasteiger partial charge in [0.25, 0.3) is 0 Å². The topological polar surface area (TPSA) is 29.3 Å². The number of rotatable bonds is 0. The molecule has 4 fully saturated rings. The fourth-order valence-electron chi connectivity index (χ4n) is 3.47. The maximum Gasteiger partial charge on any atom is 0.0601 e. The summed E-state index contributed by atoms with van der Waals surface area (Å²) in [5.74, 6) is 2.86. The maximum atomic E-state index is 6.09. The van der Waals surface area contributed by atoms with Crippen LogP contribution in [-0.4, -0.2) is 24.2 Å². The molecule has 0 radical (unpaired) electrons. The summed E-state index contributed by atoms with van der Waals surface area (Å²) in [7, 11) is 0. The van der Waals surface area contributed by atoms with Crippen LogP contribution in [0.15, 0.2) is 0 Å². The molecule has 0 amide bonds. The summed E-state index contributed by atoms with van der Waals surface area (Å²) in [6.45, 7) is 2.60. The van der Waals surface area contributed by atoms with E-state index in [2.05, 4.69) is 4.90 Å². The van der Waals surface area contributed by atoms with Gasteiger partial charge in [0.1, 0.15) is 0 Å². The molecule has 0 spiro atoms. The molecular formula is C9H16N2. The quantitative estimate of drug-likeness (QED) is 0.551. The standard InChI is InChI=1S/C9H16N2/c10-9-8-2-6-1-7(3-8)5-11(9)4-6/h6-9H,1-5,10H2. The second-order valence-electron chi connectivity index (χ2n) is 4.64. The molecule has 0 aromatic heterocycles. The van der Waals surface area contributed by atoms with Gasteiger partial charge in [-0.15, -0.1) is 0 Å². The summed E-state index contributed by atoms with van der Waals surface area (Å²) in [5.41, 5.74) is 6.09. The third-order valence-corrected chi connectivity index (χ3v) is 3.83. The zero-order valence-corrected chi connectivity index (χ0v) is 6.87. The second kappa shape index (κ2) is 1.99. The zero-order chi connectivity index (χ0) is 7.42. The van der Waals surface area contributed by atoms with Gasteiger partial charge in [0.05, 0.1) is 6.17 Å². The summed E-state index contributed by atoms with van der Waals surface area (Å²) >= 11 is 0. The fourth-order valence-corrected chi connectivity index (χ4v) is 3.47. The third kappa shape index (κ3) is 0.798. The van der Waals surface area contributed by atoms with Crippen LogP contribution in [0.5, 0.6) is 0 Å². The first-order valence-electron chi connectivity index (χ1n) is 4.82. The molecule has 3 saturated heterocycles. The molecule has 1 saturated carbocycles. The molecule has 0 aromatic carbocycles. The number of piperidine rings is 3. The van der Waals surface area contributed by atoms with Crippen molar-refractivity contribution in [3.05, 3.63) is 0 Å². The Morgan fingerprint density at radius 1 is 1.00 bits per heavy atom. The Balaban J connectivity index is 1.91. The number of hydrogen-bond acceptors (Lipinski definition) is 2. The lowest BCUT2D eigenvalue weighted by Gasteiger charge is -2.55. The van der Waals surface area contributed by atoms with Crippen molar-refractivity contribution in [1.29, 1.82) is 0 Å². The summed E-state index contributed by atoms with van der Waals surface area (Å²) in [5, 5.41) is 0. The Hall–Kier alpha value is -0.0800. The molecule has 4 rings (SSSR count). The predicted octanol–water partition coefficient (Wildman–Crippen LogP) is 0.633. The first kappa shape index (κ1) is 6.44. The summed E-state index contributed by atoms with van der Waals surface area (Å²) in [6, 6.07) is 0. The molecular weight excluding hydrogens is 136 g/mol. The minimum Gasteiger partial charge on any atom is -0.315 e. The van der Waals surface area contributed by atoms with Crippen LogP contribution < -0.4 is 5.73 Å². The van der Waals surface area contributed by atoms with Gasteiger partial charge in [-0.3, -0.25) is 4.90 Å². The smallest absolute Gasteiger partial charge is 0.0601 e. The van der Waals surface area contributed by atoms with E-state index < -0.39 is 0 Å². The molecule has 3 unspecified atom stereocenters. The maximum absolute atomic E-state index is 6.09. The van der Waals surface area contributed by atoms with Crippen LogP contribution in [0, 0.1) is 17.8 Å². The lowest BCUT2D eigenvalue weighted by Crippen LogP contribution is -2.62. The van der Waals surface area contributed by atoms with E-state index in [1.54, 1.807) is 0 Å². The van der Waals surface area contributed by atoms with Gasteiger partial charge in [0, 0.05) is 13.1 Å². The van der Waals surface area contributed by atoms with Crippen molar-refractivity contribution in [1.82, 2.24) is 4.90 Å². The van der Waals surface area contributed by atoms with Crippen LogP contribution in [0.4, 0.5) is 0 Å². The molecule has 3 atom stereocenters. The Bertz CT molecular complexity index is 150. The summed E-state index contributed by atoms with van der Waals surface area (Å²) in [4.78, 5) is 2.51. The Labute approximate surface area is 67.7 Å². The van der Waals surface area contributed by atoms with E-state index in [1.807, 2.05) is 0 Å². The van der Waals surface area contributed by atoms with E-state index in [1.165, 1.54) is 32.4 Å². The highest BCUT2D eigenvalue weighted by atomic mass is 15.3. The molecule has 2 heteroatoms. The SMILES string of the molecule is NC1C2CC3CC(C2)CN1C3. The van der Waals surface area contributed by atoms with E-state index in [0.717, 1.165) is 17.8 Å². The fraction of sp³-hybridized carbons (Fsp3) is 1.00. The van der Waals surface area contributed by atoms with Crippen molar-refractivity contribution in [2.45, 2.75) is 25.4 Å². The number of nitrogens with two attached hydrogens (primary N) is 1. The van der Waals surface area contributed by atoms with Crippen molar-refractivity contribution in [3.8, 4) is 0 Å². The van der Waals surface area contributed by atoms with Crippen LogP contribution in [0.25, 0.3) is 0 Å². The molecule has 0 aromatic rings. The Morgan fingerprint density at radius 2 is 1.64 bits per heavy atom. The van der Waals surface area contributed by atoms with Gasteiger partial charge < -0.3 is 5.73 Å². The van der Waals surface area contributed by atoms with Crippen LogP contribution in [0.3, 0.4) is 0 Å². The molecule has 4 bridgehead atoms. The molecule has 4 aliphatic rings. The third-order valence-electron chi connectivity index (χ3n) is 3.83. The average Bonchev–Trinajstić information content (AvgIpc) is 1.98. The van der Waals surface area contributed by atoms with Crippen molar-refractivity contribution in [2.24, 2.45) is 23.5 Å². The van der Waals surface area contributed by atoms with Gasteiger partial charge >= 0.3 is 0 Å². The van der Waals surface area contributed by atoms with Crippen LogP contribution in [0.1, 0.15) is 19.3 Å². The Morgan fingerprint density at radius 3 is 2.18 bits per heavy atom. The van der Waals surface area contributed by atoms with Crippen LogP contribution in [0.2, 0.25) is 0 Å². The van der Waals surface area contributed by atoms with Crippen molar-refractivity contribution < 1.29 is 0 Å². The average molecular weight is 152 g/mol. The summed E-state index contributed by atoms with van der Waals surface area (Å²) < 4.78 is 0. The van der Waals surface area contributed by atoms with Crippen LogP contribution in [-0.2, 0) is 0 Å². The predicted molar refractivity (Wildman–Crippen MR) is 43.9 cm³/mol. The molecule has 3 aliphatic heterocycles. The molecule has 2 N–H and O–H groups in total. The van der Waals surface area contributed by atoms with E-state index in [9.17, 15) is 0 Å². The van der Waals surface area contributed by atoms with Gasteiger partial charge in [-0.05, 0) is 37.0 Å². The van der Waals surface area contributed by atoms with Crippen LogP contribution >= 0.6 is 0 Å². The zero-order valence-electron chi connectivity index (χ0n) is 6.87. The molecule has 1 aliphatic carbocycles. The van der Waals surface area contributed by atoms with Crippen molar-refractivity contribution in [3.63, 3.8) is 0 Å². The normalized spacial score (nSPS) is 60.3. The first-order valence-corrected chi connectivity index (χ1v) is 4.82.